The molecule has 0 bridgehead atoms. The molecule has 3 rings (SSSR count). The zero-order valence-electron chi connectivity index (χ0n) is 15.9. The van der Waals surface area contributed by atoms with Crippen LogP contribution in [0, 0.1) is 5.92 Å². The molecule has 1 aromatic carbocycles. The molecule has 6 heteroatoms. The smallest absolute Gasteiger partial charge is 0.228 e. The largest absolute Gasteiger partial charge is 0.493 e. The summed E-state index contributed by atoms with van der Waals surface area (Å²) in [5.74, 6) is 0.989. The van der Waals surface area contributed by atoms with Gasteiger partial charge in [0.15, 0.2) is 11.5 Å². The molecule has 1 atom stereocenters. The van der Waals surface area contributed by atoms with E-state index >= 15 is 0 Å². The Balaban J connectivity index is 1.71. The molecule has 0 N–H and O–H groups in total. The lowest BCUT2D eigenvalue weighted by Crippen LogP contribution is -2.42. The molecule has 1 aliphatic carbocycles. The van der Waals surface area contributed by atoms with E-state index < -0.39 is 0 Å². The molecule has 0 radical (unpaired) electrons. The molecule has 6 nitrogen and oxygen atoms in total. The summed E-state index contributed by atoms with van der Waals surface area (Å²) in [6.45, 7) is 0.421. The molecular weight excluding hydrogens is 332 g/mol. The minimum atomic E-state index is -0.275. The number of anilines is 1. The first-order valence-corrected chi connectivity index (χ1v) is 9.34. The van der Waals surface area contributed by atoms with Crippen LogP contribution in [-0.2, 0) is 9.59 Å². The van der Waals surface area contributed by atoms with Gasteiger partial charge in [0.2, 0.25) is 11.8 Å². The molecule has 1 saturated heterocycles. The first kappa shape index (κ1) is 18.5. The van der Waals surface area contributed by atoms with Gasteiger partial charge >= 0.3 is 0 Å². The van der Waals surface area contributed by atoms with Crippen LogP contribution in [0.25, 0.3) is 0 Å². The van der Waals surface area contributed by atoms with Gasteiger partial charge in [-0.1, -0.05) is 19.3 Å². The summed E-state index contributed by atoms with van der Waals surface area (Å²) in [6, 6.07) is 5.72. The van der Waals surface area contributed by atoms with Gasteiger partial charge in [0.1, 0.15) is 0 Å². The Morgan fingerprint density at radius 2 is 1.81 bits per heavy atom. The highest BCUT2D eigenvalue weighted by Crippen LogP contribution is 2.34. The minimum Gasteiger partial charge on any atom is -0.493 e. The third kappa shape index (κ3) is 3.64. The van der Waals surface area contributed by atoms with Crippen LogP contribution in [0.2, 0.25) is 0 Å². The topological polar surface area (TPSA) is 59.1 Å². The van der Waals surface area contributed by atoms with Gasteiger partial charge in [-0.3, -0.25) is 9.59 Å². The highest BCUT2D eigenvalue weighted by molar-refractivity contribution is 6.00. The van der Waals surface area contributed by atoms with Crippen molar-refractivity contribution in [2.24, 2.45) is 5.92 Å². The zero-order chi connectivity index (χ0) is 18.7. The fraction of sp³-hybridized carbons (Fsp3) is 0.600. The Hall–Kier alpha value is -2.24. The van der Waals surface area contributed by atoms with Gasteiger partial charge in [0, 0.05) is 37.8 Å². The van der Waals surface area contributed by atoms with Gasteiger partial charge in [-0.15, -0.1) is 0 Å². The molecule has 0 spiro atoms. The first-order chi connectivity index (χ1) is 12.5. The average molecular weight is 360 g/mol. The standard InChI is InChI=1S/C20H28N2O4/c1-21(15-7-5-4-6-8-15)20(24)14-11-19(23)22(13-14)16-9-10-17(25-2)18(12-16)26-3/h9-10,12,14-15H,4-8,11,13H2,1-3H3. The van der Waals surface area contributed by atoms with Crippen LogP contribution in [0.3, 0.4) is 0 Å². The predicted octanol–water partition coefficient (Wildman–Crippen LogP) is 2.85. The van der Waals surface area contributed by atoms with Crippen molar-refractivity contribution in [3.63, 3.8) is 0 Å². The number of rotatable bonds is 5. The van der Waals surface area contributed by atoms with Crippen molar-refractivity contribution in [3.8, 4) is 11.5 Å². The summed E-state index contributed by atoms with van der Waals surface area (Å²) in [7, 11) is 5.04. The van der Waals surface area contributed by atoms with E-state index in [-0.39, 0.29) is 24.2 Å². The highest BCUT2D eigenvalue weighted by atomic mass is 16.5. The van der Waals surface area contributed by atoms with Gasteiger partial charge in [-0.05, 0) is 25.0 Å². The van der Waals surface area contributed by atoms with Gasteiger partial charge in [-0.2, -0.15) is 0 Å². The first-order valence-electron chi connectivity index (χ1n) is 9.34. The number of carbonyl (C=O) groups excluding carboxylic acids is 2. The van der Waals surface area contributed by atoms with Gasteiger partial charge < -0.3 is 19.3 Å². The van der Waals surface area contributed by atoms with Crippen molar-refractivity contribution >= 4 is 17.5 Å². The lowest BCUT2D eigenvalue weighted by atomic mass is 9.93. The van der Waals surface area contributed by atoms with E-state index in [1.807, 2.05) is 18.0 Å². The molecule has 1 heterocycles. The van der Waals surface area contributed by atoms with Gasteiger partial charge in [0.05, 0.1) is 20.1 Å². The molecule has 142 valence electrons. The predicted molar refractivity (Wildman–Crippen MR) is 99.6 cm³/mol. The van der Waals surface area contributed by atoms with Crippen LogP contribution >= 0.6 is 0 Å². The van der Waals surface area contributed by atoms with Crippen molar-refractivity contribution in [3.05, 3.63) is 18.2 Å². The van der Waals surface area contributed by atoms with E-state index in [4.69, 9.17) is 9.47 Å². The van der Waals surface area contributed by atoms with E-state index in [1.54, 1.807) is 31.3 Å². The Morgan fingerprint density at radius 3 is 2.46 bits per heavy atom. The monoisotopic (exact) mass is 360 g/mol. The second-order valence-electron chi connectivity index (χ2n) is 7.19. The molecule has 2 aliphatic rings. The molecule has 1 unspecified atom stereocenters. The van der Waals surface area contributed by atoms with Crippen LogP contribution in [0.4, 0.5) is 5.69 Å². The normalized spacial score (nSPS) is 21.0. The number of hydrogen-bond donors (Lipinski definition) is 0. The summed E-state index contributed by atoms with van der Waals surface area (Å²) >= 11 is 0. The van der Waals surface area contributed by atoms with Crippen molar-refractivity contribution in [2.75, 3.05) is 32.7 Å². The average Bonchev–Trinajstić information content (AvgIpc) is 3.08. The second kappa shape index (κ2) is 7.98. The summed E-state index contributed by atoms with van der Waals surface area (Å²) in [4.78, 5) is 29.0. The van der Waals surface area contributed by atoms with Crippen LogP contribution < -0.4 is 14.4 Å². The van der Waals surface area contributed by atoms with E-state index in [0.29, 0.717) is 24.1 Å². The summed E-state index contributed by atoms with van der Waals surface area (Å²) in [5.41, 5.74) is 0.739. The number of amides is 2. The fourth-order valence-corrected chi connectivity index (χ4v) is 4.05. The van der Waals surface area contributed by atoms with Crippen LogP contribution in [0.15, 0.2) is 18.2 Å². The summed E-state index contributed by atoms with van der Waals surface area (Å²) in [5, 5.41) is 0. The number of ether oxygens (including phenoxy) is 2. The molecule has 2 fully saturated rings. The Kier molecular flexibility index (Phi) is 5.69. The molecule has 1 aliphatic heterocycles. The van der Waals surface area contributed by atoms with Crippen LogP contribution in [0.1, 0.15) is 38.5 Å². The lowest BCUT2D eigenvalue weighted by Gasteiger charge is -2.32. The maximum Gasteiger partial charge on any atom is 0.228 e. The van der Waals surface area contributed by atoms with E-state index in [1.165, 1.54) is 19.3 Å². The molecular formula is C20H28N2O4. The molecule has 1 saturated carbocycles. The lowest BCUT2D eigenvalue weighted by molar-refractivity contribution is -0.137. The molecule has 0 aromatic heterocycles. The van der Waals surface area contributed by atoms with E-state index in [0.717, 1.165) is 18.5 Å². The maximum absolute atomic E-state index is 12.9. The highest BCUT2D eigenvalue weighted by Gasteiger charge is 2.38. The number of methoxy groups -OCH3 is 2. The molecule has 1 aromatic rings. The SMILES string of the molecule is COc1ccc(N2CC(C(=O)N(C)C3CCCCC3)CC2=O)cc1OC. The van der Waals surface area contributed by atoms with Crippen molar-refractivity contribution in [2.45, 2.75) is 44.6 Å². The third-order valence-electron chi connectivity index (χ3n) is 5.62. The quantitative estimate of drug-likeness (QED) is 0.810. The number of nitrogens with zero attached hydrogens (tertiary/aromatic N) is 2. The Labute approximate surface area is 155 Å². The third-order valence-corrected chi connectivity index (χ3v) is 5.62. The van der Waals surface area contributed by atoms with Gasteiger partial charge in [-0.25, -0.2) is 0 Å². The minimum absolute atomic E-state index is 0.0207. The molecule has 2 amide bonds. The van der Waals surface area contributed by atoms with E-state index in [2.05, 4.69) is 0 Å². The Bertz CT molecular complexity index is 670. The summed E-state index contributed by atoms with van der Waals surface area (Å²) in [6.07, 6.45) is 6.04. The van der Waals surface area contributed by atoms with Gasteiger partial charge in [0.25, 0.3) is 0 Å². The van der Waals surface area contributed by atoms with Crippen molar-refractivity contribution < 1.29 is 19.1 Å². The fourth-order valence-electron chi connectivity index (χ4n) is 4.05. The van der Waals surface area contributed by atoms with Crippen LogP contribution in [-0.4, -0.2) is 50.6 Å². The summed E-state index contributed by atoms with van der Waals surface area (Å²) < 4.78 is 10.6. The zero-order valence-corrected chi connectivity index (χ0v) is 15.9. The number of benzene rings is 1. The van der Waals surface area contributed by atoms with E-state index in [9.17, 15) is 9.59 Å². The second-order valence-corrected chi connectivity index (χ2v) is 7.19. The molecule has 26 heavy (non-hydrogen) atoms. The Morgan fingerprint density at radius 1 is 1.12 bits per heavy atom. The van der Waals surface area contributed by atoms with Crippen molar-refractivity contribution in [1.82, 2.24) is 4.90 Å². The van der Waals surface area contributed by atoms with Crippen LogP contribution in [0.5, 0.6) is 11.5 Å². The maximum atomic E-state index is 12.9. The van der Waals surface area contributed by atoms with Crippen molar-refractivity contribution in [1.29, 1.82) is 0 Å². The number of carbonyl (C=O) groups is 2. The number of hydrogen-bond acceptors (Lipinski definition) is 4.